The Morgan fingerprint density at radius 1 is 1.25 bits per heavy atom. The number of nitrogens with zero attached hydrogens (tertiary/aromatic N) is 1. The summed E-state index contributed by atoms with van der Waals surface area (Å²) in [6.07, 6.45) is 0. The summed E-state index contributed by atoms with van der Waals surface area (Å²) in [5.41, 5.74) is -0.637. The minimum absolute atomic E-state index is 0.0665. The first-order chi connectivity index (χ1) is 9.42. The summed E-state index contributed by atoms with van der Waals surface area (Å²) in [6.45, 7) is 1.33. The van der Waals surface area contributed by atoms with Gasteiger partial charge in [0.2, 0.25) is 0 Å². The molecule has 0 aliphatic carbocycles. The zero-order valence-electron chi connectivity index (χ0n) is 10.6. The van der Waals surface area contributed by atoms with E-state index in [2.05, 4.69) is 0 Å². The lowest BCUT2D eigenvalue weighted by Gasteiger charge is -2.18. The summed E-state index contributed by atoms with van der Waals surface area (Å²) >= 11 is 0. The normalized spacial score (nSPS) is 10.2. The monoisotopic (exact) mass is 290 g/mol. The number of carbonyl (C=O) groups is 2. The topological polar surface area (TPSA) is 69.6 Å². The van der Waals surface area contributed by atoms with Gasteiger partial charge in [0.05, 0.1) is 12.3 Å². The van der Waals surface area contributed by atoms with Crippen molar-refractivity contribution < 1.29 is 27.9 Å². The van der Waals surface area contributed by atoms with Crippen molar-refractivity contribution >= 4 is 17.5 Å². The molecular formula is C12H13F3N2O3. The molecule has 20 heavy (non-hydrogen) atoms. The Labute approximate surface area is 113 Å². The third kappa shape index (κ3) is 3.47. The minimum atomic E-state index is -1.74. The molecule has 0 saturated heterocycles. The molecule has 1 aromatic rings. The van der Waals surface area contributed by atoms with Gasteiger partial charge in [-0.25, -0.2) is 13.2 Å². The molecule has 0 unspecified atom stereocenters. The molecule has 0 bridgehead atoms. The second-order valence-electron chi connectivity index (χ2n) is 3.79. The van der Waals surface area contributed by atoms with E-state index in [4.69, 9.17) is 5.11 Å². The molecule has 8 heteroatoms. The molecule has 1 aromatic carbocycles. The van der Waals surface area contributed by atoms with Crippen molar-refractivity contribution in [3.63, 3.8) is 0 Å². The van der Waals surface area contributed by atoms with Gasteiger partial charge in [0.15, 0.2) is 17.5 Å². The summed E-state index contributed by atoms with van der Waals surface area (Å²) in [4.78, 5) is 24.2. The summed E-state index contributed by atoms with van der Waals surface area (Å²) in [5.74, 6) is -6.94. The van der Waals surface area contributed by atoms with E-state index in [1.807, 2.05) is 5.32 Å². The number of likely N-dealkylation sites (N-methyl/N-ethyl adjacent to an activating group) is 1. The van der Waals surface area contributed by atoms with Crippen molar-refractivity contribution in [1.82, 2.24) is 4.90 Å². The number of aliphatic hydroxyl groups is 1. The van der Waals surface area contributed by atoms with Gasteiger partial charge in [-0.05, 0) is 19.1 Å². The Bertz CT molecular complexity index is 523. The van der Waals surface area contributed by atoms with Crippen LogP contribution in [0.5, 0.6) is 0 Å². The van der Waals surface area contributed by atoms with Crippen LogP contribution in [-0.4, -0.2) is 41.5 Å². The van der Waals surface area contributed by atoms with Crippen LogP contribution in [0.2, 0.25) is 0 Å². The van der Waals surface area contributed by atoms with Crippen molar-refractivity contribution in [2.45, 2.75) is 6.92 Å². The van der Waals surface area contributed by atoms with Gasteiger partial charge in [0, 0.05) is 13.1 Å². The van der Waals surface area contributed by atoms with Crippen molar-refractivity contribution in [3.8, 4) is 0 Å². The molecule has 0 saturated carbocycles. The van der Waals surface area contributed by atoms with Crippen LogP contribution >= 0.6 is 0 Å². The van der Waals surface area contributed by atoms with Gasteiger partial charge in [-0.1, -0.05) is 0 Å². The Morgan fingerprint density at radius 2 is 1.90 bits per heavy atom. The maximum atomic E-state index is 13.3. The van der Waals surface area contributed by atoms with Gasteiger partial charge in [0.1, 0.15) is 0 Å². The summed E-state index contributed by atoms with van der Waals surface area (Å²) in [7, 11) is 0. The molecule has 5 nitrogen and oxygen atoms in total. The standard InChI is InChI=1S/C12H13F3N2O3/c1-2-17(5-6-18)12(20)11(19)16-8-4-3-7(13)9(14)10(8)15/h3-4,18H,2,5-6H2,1H3,(H,16,19). The second kappa shape index (κ2) is 6.90. The van der Waals surface area contributed by atoms with Gasteiger partial charge in [-0.2, -0.15) is 0 Å². The third-order valence-corrected chi connectivity index (χ3v) is 2.52. The number of hydrogen-bond acceptors (Lipinski definition) is 3. The number of halogens is 3. The third-order valence-electron chi connectivity index (χ3n) is 2.52. The number of nitrogens with one attached hydrogen (secondary N) is 1. The zero-order chi connectivity index (χ0) is 15.3. The summed E-state index contributed by atoms with van der Waals surface area (Å²) in [6, 6.07) is 1.44. The van der Waals surface area contributed by atoms with Crippen LogP contribution in [0.1, 0.15) is 6.92 Å². The number of rotatable bonds is 4. The molecule has 0 heterocycles. The van der Waals surface area contributed by atoms with Gasteiger partial charge in [-0.15, -0.1) is 0 Å². The highest BCUT2D eigenvalue weighted by molar-refractivity contribution is 6.39. The van der Waals surface area contributed by atoms with Crippen molar-refractivity contribution in [2.75, 3.05) is 25.0 Å². The maximum absolute atomic E-state index is 13.3. The molecule has 0 aromatic heterocycles. The fourth-order valence-corrected chi connectivity index (χ4v) is 1.47. The molecule has 0 aliphatic rings. The highest BCUT2D eigenvalue weighted by atomic mass is 19.2. The van der Waals surface area contributed by atoms with Crippen LogP contribution < -0.4 is 5.32 Å². The van der Waals surface area contributed by atoms with Crippen molar-refractivity contribution in [3.05, 3.63) is 29.6 Å². The Hall–Kier alpha value is -2.09. The smallest absolute Gasteiger partial charge is 0.313 e. The first-order valence-corrected chi connectivity index (χ1v) is 5.77. The number of hydrogen-bond donors (Lipinski definition) is 2. The van der Waals surface area contributed by atoms with E-state index < -0.39 is 35.0 Å². The summed E-state index contributed by atoms with van der Waals surface area (Å²) in [5, 5.41) is 10.6. The van der Waals surface area contributed by atoms with E-state index in [1.165, 1.54) is 0 Å². The SMILES string of the molecule is CCN(CCO)C(=O)C(=O)Nc1ccc(F)c(F)c1F. The lowest BCUT2D eigenvalue weighted by atomic mass is 10.2. The lowest BCUT2D eigenvalue weighted by Crippen LogP contribution is -2.41. The molecule has 110 valence electrons. The predicted octanol–water partition coefficient (Wildman–Crippen LogP) is 0.883. The molecular weight excluding hydrogens is 277 g/mol. The van der Waals surface area contributed by atoms with Crippen LogP contribution in [0.3, 0.4) is 0 Å². The molecule has 0 radical (unpaired) electrons. The van der Waals surface area contributed by atoms with Crippen LogP contribution in [0.4, 0.5) is 18.9 Å². The maximum Gasteiger partial charge on any atom is 0.313 e. The molecule has 2 amide bonds. The van der Waals surface area contributed by atoms with Gasteiger partial charge >= 0.3 is 11.8 Å². The average Bonchev–Trinajstić information content (AvgIpc) is 2.44. The van der Waals surface area contributed by atoms with E-state index >= 15 is 0 Å². The van der Waals surface area contributed by atoms with Crippen LogP contribution in [-0.2, 0) is 9.59 Å². The van der Waals surface area contributed by atoms with E-state index in [-0.39, 0.29) is 19.7 Å². The Morgan fingerprint density at radius 3 is 2.45 bits per heavy atom. The highest BCUT2D eigenvalue weighted by Gasteiger charge is 2.22. The number of anilines is 1. The first kappa shape index (κ1) is 16.0. The molecule has 0 atom stereocenters. The van der Waals surface area contributed by atoms with E-state index in [0.29, 0.717) is 6.07 Å². The van der Waals surface area contributed by atoms with Crippen LogP contribution in [0.15, 0.2) is 12.1 Å². The largest absolute Gasteiger partial charge is 0.395 e. The van der Waals surface area contributed by atoms with E-state index in [1.54, 1.807) is 6.92 Å². The molecule has 0 aliphatic heterocycles. The van der Waals surface area contributed by atoms with Crippen molar-refractivity contribution in [2.24, 2.45) is 0 Å². The molecule has 2 N–H and O–H groups in total. The van der Waals surface area contributed by atoms with Gasteiger partial charge in [-0.3, -0.25) is 9.59 Å². The number of amides is 2. The summed E-state index contributed by atoms with van der Waals surface area (Å²) < 4.78 is 39.0. The lowest BCUT2D eigenvalue weighted by molar-refractivity contribution is -0.143. The van der Waals surface area contributed by atoms with Gasteiger partial charge < -0.3 is 15.3 Å². The number of aliphatic hydroxyl groups excluding tert-OH is 1. The Kier molecular flexibility index (Phi) is 5.51. The molecule has 0 spiro atoms. The van der Waals surface area contributed by atoms with Crippen LogP contribution in [0.25, 0.3) is 0 Å². The zero-order valence-corrected chi connectivity index (χ0v) is 10.6. The second-order valence-corrected chi connectivity index (χ2v) is 3.79. The minimum Gasteiger partial charge on any atom is -0.395 e. The van der Waals surface area contributed by atoms with Gasteiger partial charge in [0.25, 0.3) is 0 Å². The fraction of sp³-hybridized carbons (Fsp3) is 0.333. The van der Waals surface area contributed by atoms with E-state index in [9.17, 15) is 22.8 Å². The van der Waals surface area contributed by atoms with Crippen molar-refractivity contribution in [1.29, 1.82) is 0 Å². The first-order valence-electron chi connectivity index (χ1n) is 5.77. The fourth-order valence-electron chi connectivity index (χ4n) is 1.47. The molecule has 1 rings (SSSR count). The Balaban J connectivity index is 2.86. The molecule has 0 fully saturated rings. The average molecular weight is 290 g/mol. The number of benzene rings is 1. The predicted molar refractivity (Wildman–Crippen MR) is 64.3 cm³/mol. The van der Waals surface area contributed by atoms with Crippen LogP contribution in [0, 0.1) is 17.5 Å². The highest BCUT2D eigenvalue weighted by Crippen LogP contribution is 2.19. The number of carbonyl (C=O) groups excluding carboxylic acids is 2. The quantitative estimate of drug-likeness (QED) is 0.639. The van der Waals surface area contributed by atoms with E-state index in [0.717, 1.165) is 11.0 Å².